The molecular weight excluding hydrogens is 235 g/mol. The van der Waals surface area contributed by atoms with Crippen LogP contribution in [0.3, 0.4) is 0 Å². The molecule has 1 aliphatic carbocycles. The number of aromatic carboxylic acids is 1. The molecule has 1 aromatic rings. The normalized spacial score (nSPS) is 15.2. The molecule has 2 rings (SSSR count). The molecule has 0 bridgehead atoms. The number of halogens is 1. The van der Waals surface area contributed by atoms with E-state index in [9.17, 15) is 9.18 Å². The number of carboxylic acid groups (broad SMARTS) is 1. The van der Waals surface area contributed by atoms with Gasteiger partial charge in [-0.15, -0.1) is 0 Å². The Morgan fingerprint density at radius 2 is 2.33 bits per heavy atom. The fourth-order valence-electron chi connectivity index (χ4n) is 2.17. The third kappa shape index (κ3) is 2.44. The summed E-state index contributed by atoms with van der Waals surface area (Å²) in [5.41, 5.74) is -0.313. The third-order valence-electron chi connectivity index (χ3n) is 3.49. The summed E-state index contributed by atoms with van der Waals surface area (Å²) < 4.78 is 14.0. The van der Waals surface area contributed by atoms with E-state index < -0.39 is 11.8 Å². The molecule has 1 fully saturated rings. The Kier molecular flexibility index (Phi) is 3.79. The zero-order valence-corrected chi connectivity index (χ0v) is 10.4. The molecule has 1 N–H and O–H groups in total. The fourth-order valence-corrected chi connectivity index (χ4v) is 2.17. The van der Waals surface area contributed by atoms with Crippen LogP contribution >= 0.6 is 0 Å². The second kappa shape index (κ2) is 5.33. The van der Waals surface area contributed by atoms with Crippen LogP contribution in [0.4, 0.5) is 10.2 Å². The van der Waals surface area contributed by atoms with Crippen molar-refractivity contribution in [3.63, 3.8) is 0 Å². The first-order chi connectivity index (χ1) is 8.63. The van der Waals surface area contributed by atoms with Crippen LogP contribution in [0.25, 0.3) is 0 Å². The molecular formula is C13H17FN2O2. The summed E-state index contributed by atoms with van der Waals surface area (Å²) in [5, 5.41) is 8.90. The lowest BCUT2D eigenvalue weighted by atomic mass is 9.85. The van der Waals surface area contributed by atoms with Gasteiger partial charge in [0.1, 0.15) is 5.56 Å². The van der Waals surface area contributed by atoms with Gasteiger partial charge >= 0.3 is 5.97 Å². The summed E-state index contributed by atoms with van der Waals surface area (Å²) in [6.45, 7) is 3.31. The van der Waals surface area contributed by atoms with Gasteiger partial charge in [-0.25, -0.2) is 14.2 Å². The molecule has 0 radical (unpaired) electrons. The molecule has 4 nitrogen and oxygen atoms in total. The van der Waals surface area contributed by atoms with E-state index in [0.717, 1.165) is 19.4 Å². The highest BCUT2D eigenvalue weighted by Gasteiger charge is 2.24. The minimum atomic E-state index is -1.25. The van der Waals surface area contributed by atoms with Crippen LogP contribution in [0.5, 0.6) is 0 Å². The van der Waals surface area contributed by atoms with Crippen LogP contribution < -0.4 is 4.90 Å². The Morgan fingerprint density at radius 1 is 1.61 bits per heavy atom. The van der Waals surface area contributed by atoms with E-state index in [0.29, 0.717) is 12.5 Å². The summed E-state index contributed by atoms with van der Waals surface area (Å²) in [6.07, 6.45) is 4.91. The average molecular weight is 252 g/mol. The lowest BCUT2D eigenvalue weighted by Gasteiger charge is -2.32. The molecule has 0 unspecified atom stereocenters. The summed E-state index contributed by atoms with van der Waals surface area (Å²) in [6, 6.07) is 1.19. The van der Waals surface area contributed by atoms with Crippen LogP contribution in [0.1, 0.15) is 36.5 Å². The van der Waals surface area contributed by atoms with Gasteiger partial charge in [0.2, 0.25) is 0 Å². The molecule has 0 atom stereocenters. The second-order valence-electron chi connectivity index (χ2n) is 4.64. The molecule has 1 saturated carbocycles. The summed E-state index contributed by atoms with van der Waals surface area (Å²) in [7, 11) is 0. The topological polar surface area (TPSA) is 53.4 Å². The molecule has 98 valence electrons. The van der Waals surface area contributed by atoms with Gasteiger partial charge in [-0.1, -0.05) is 6.42 Å². The molecule has 0 aromatic carbocycles. The number of anilines is 1. The Hall–Kier alpha value is -1.65. The predicted molar refractivity (Wildman–Crippen MR) is 66.4 cm³/mol. The van der Waals surface area contributed by atoms with Gasteiger partial charge in [0.25, 0.3) is 0 Å². The quantitative estimate of drug-likeness (QED) is 0.875. The van der Waals surface area contributed by atoms with Crippen LogP contribution in [-0.2, 0) is 0 Å². The van der Waals surface area contributed by atoms with Crippen molar-refractivity contribution in [3.8, 4) is 0 Å². The van der Waals surface area contributed by atoms with Crippen molar-refractivity contribution in [1.29, 1.82) is 0 Å². The third-order valence-corrected chi connectivity index (χ3v) is 3.49. The molecule has 1 aromatic heterocycles. The fraction of sp³-hybridized carbons (Fsp3) is 0.538. The summed E-state index contributed by atoms with van der Waals surface area (Å²) >= 11 is 0. The van der Waals surface area contributed by atoms with Crippen LogP contribution in [0.15, 0.2) is 12.3 Å². The maximum Gasteiger partial charge on any atom is 0.338 e. The maximum absolute atomic E-state index is 14.0. The molecule has 18 heavy (non-hydrogen) atoms. The predicted octanol–water partition coefficient (Wildman–Crippen LogP) is 2.55. The highest BCUT2D eigenvalue weighted by atomic mass is 19.1. The number of carbonyl (C=O) groups is 1. The van der Waals surface area contributed by atoms with Crippen molar-refractivity contribution in [2.75, 3.05) is 18.0 Å². The lowest BCUT2D eigenvalue weighted by molar-refractivity contribution is 0.0691. The first kappa shape index (κ1) is 12.8. The SMILES string of the molecule is CCN(CC1CCC1)c1nccc(C(=O)O)c1F. The average Bonchev–Trinajstić information content (AvgIpc) is 2.29. The van der Waals surface area contributed by atoms with E-state index >= 15 is 0 Å². The highest BCUT2D eigenvalue weighted by Crippen LogP contribution is 2.29. The number of aromatic nitrogens is 1. The Morgan fingerprint density at radius 3 is 2.83 bits per heavy atom. The van der Waals surface area contributed by atoms with Gasteiger partial charge in [-0.2, -0.15) is 0 Å². The van der Waals surface area contributed by atoms with E-state index in [1.165, 1.54) is 18.7 Å². The number of hydrogen-bond acceptors (Lipinski definition) is 3. The van der Waals surface area contributed by atoms with Crippen molar-refractivity contribution >= 4 is 11.8 Å². The minimum Gasteiger partial charge on any atom is -0.478 e. The van der Waals surface area contributed by atoms with E-state index in [1.807, 2.05) is 11.8 Å². The van der Waals surface area contributed by atoms with Crippen molar-refractivity contribution < 1.29 is 14.3 Å². The summed E-state index contributed by atoms with van der Waals surface area (Å²) in [5.74, 6) is -1.24. The van der Waals surface area contributed by atoms with E-state index in [2.05, 4.69) is 4.98 Å². The maximum atomic E-state index is 14.0. The Balaban J connectivity index is 2.23. The molecule has 1 heterocycles. The van der Waals surface area contributed by atoms with Gasteiger partial charge in [0.05, 0.1) is 0 Å². The highest BCUT2D eigenvalue weighted by molar-refractivity contribution is 5.88. The molecule has 0 spiro atoms. The van der Waals surface area contributed by atoms with Gasteiger partial charge in [0.15, 0.2) is 11.6 Å². The standard InChI is InChI=1S/C13H17FN2O2/c1-2-16(8-9-4-3-5-9)12-11(14)10(13(17)18)6-7-15-12/h6-7,9H,2-5,8H2,1H3,(H,17,18). The number of pyridine rings is 1. The molecule has 0 aliphatic heterocycles. The number of nitrogens with zero attached hydrogens (tertiary/aromatic N) is 2. The van der Waals surface area contributed by atoms with Gasteiger partial charge in [-0.05, 0) is 31.7 Å². The van der Waals surface area contributed by atoms with E-state index in [-0.39, 0.29) is 11.4 Å². The van der Waals surface area contributed by atoms with Gasteiger partial charge < -0.3 is 10.0 Å². The molecule has 0 saturated heterocycles. The van der Waals surface area contributed by atoms with Crippen molar-refractivity contribution in [2.45, 2.75) is 26.2 Å². The number of hydrogen-bond donors (Lipinski definition) is 1. The molecule has 0 amide bonds. The van der Waals surface area contributed by atoms with Gasteiger partial charge in [0, 0.05) is 19.3 Å². The Labute approximate surface area is 105 Å². The minimum absolute atomic E-state index is 0.157. The lowest BCUT2D eigenvalue weighted by Crippen LogP contribution is -2.33. The summed E-state index contributed by atoms with van der Waals surface area (Å²) in [4.78, 5) is 16.7. The van der Waals surface area contributed by atoms with E-state index in [1.54, 1.807) is 0 Å². The zero-order valence-electron chi connectivity index (χ0n) is 10.4. The zero-order chi connectivity index (χ0) is 13.1. The van der Waals surface area contributed by atoms with E-state index in [4.69, 9.17) is 5.11 Å². The van der Waals surface area contributed by atoms with Crippen LogP contribution in [-0.4, -0.2) is 29.1 Å². The van der Waals surface area contributed by atoms with Crippen molar-refractivity contribution in [3.05, 3.63) is 23.6 Å². The second-order valence-corrected chi connectivity index (χ2v) is 4.64. The number of rotatable bonds is 5. The smallest absolute Gasteiger partial charge is 0.338 e. The Bertz CT molecular complexity index is 447. The van der Waals surface area contributed by atoms with Crippen LogP contribution in [0.2, 0.25) is 0 Å². The van der Waals surface area contributed by atoms with Gasteiger partial charge in [-0.3, -0.25) is 0 Å². The largest absolute Gasteiger partial charge is 0.478 e. The molecule has 1 aliphatic rings. The molecule has 5 heteroatoms. The number of carboxylic acids is 1. The first-order valence-electron chi connectivity index (χ1n) is 6.26. The monoisotopic (exact) mass is 252 g/mol. The van der Waals surface area contributed by atoms with Crippen LogP contribution in [0, 0.1) is 11.7 Å². The van der Waals surface area contributed by atoms with Crippen molar-refractivity contribution in [2.24, 2.45) is 5.92 Å². The van der Waals surface area contributed by atoms with Crippen molar-refractivity contribution in [1.82, 2.24) is 4.98 Å². The first-order valence-corrected chi connectivity index (χ1v) is 6.26.